The van der Waals surface area contributed by atoms with Crippen LogP contribution in [0.2, 0.25) is 0 Å². The minimum atomic E-state index is -0.235. The van der Waals surface area contributed by atoms with Crippen LogP contribution < -0.4 is 10.5 Å². The maximum absolute atomic E-state index is 13.3. The van der Waals surface area contributed by atoms with E-state index in [0.717, 1.165) is 33.6 Å². The van der Waals surface area contributed by atoms with Gasteiger partial charge in [0, 0.05) is 6.54 Å². The van der Waals surface area contributed by atoms with Crippen LogP contribution in [0.4, 0.5) is 4.39 Å². The molecule has 0 aliphatic heterocycles. The first-order valence-electron chi connectivity index (χ1n) is 6.69. The Balaban J connectivity index is 2.21. The second-order valence-electron chi connectivity index (χ2n) is 5.12. The van der Waals surface area contributed by atoms with Crippen LogP contribution in [0.3, 0.4) is 0 Å². The number of nitrogens with two attached hydrogens (primary N) is 1. The summed E-state index contributed by atoms with van der Waals surface area (Å²) in [6, 6.07) is 8.81. The lowest BCUT2D eigenvalue weighted by atomic mass is 10.1. The second kappa shape index (κ2) is 6.06. The first kappa shape index (κ1) is 14.5. The van der Waals surface area contributed by atoms with Gasteiger partial charge < -0.3 is 10.5 Å². The highest BCUT2D eigenvalue weighted by atomic mass is 19.1. The van der Waals surface area contributed by atoms with E-state index in [1.165, 1.54) is 12.1 Å². The lowest BCUT2D eigenvalue weighted by molar-refractivity contribution is 0.300. The van der Waals surface area contributed by atoms with Crippen molar-refractivity contribution in [3.63, 3.8) is 0 Å². The average Bonchev–Trinajstić information content (AvgIpc) is 2.41. The standard InChI is InChI=1S/C17H20FNO/c1-11-4-5-16(18)8-15(11)10-20-17-12(2)6-14(9-19)7-13(17)3/h4-8H,9-10,19H2,1-3H3. The Bertz CT molecular complexity index is 599. The Kier molecular flexibility index (Phi) is 4.40. The number of hydrogen-bond donors (Lipinski definition) is 1. The first-order valence-corrected chi connectivity index (χ1v) is 6.69. The third-order valence-electron chi connectivity index (χ3n) is 3.44. The van der Waals surface area contributed by atoms with Crippen molar-refractivity contribution in [2.24, 2.45) is 5.73 Å². The van der Waals surface area contributed by atoms with Crippen molar-refractivity contribution < 1.29 is 9.13 Å². The van der Waals surface area contributed by atoms with Crippen LogP contribution in [-0.2, 0) is 13.2 Å². The van der Waals surface area contributed by atoms with E-state index in [-0.39, 0.29) is 5.82 Å². The maximum atomic E-state index is 13.3. The topological polar surface area (TPSA) is 35.2 Å². The Morgan fingerprint density at radius 3 is 2.25 bits per heavy atom. The molecule has 0 heterocycles. The molecule has 106 valence electrons. The van der Waals surface area contributed by atoms with E-state index in [9.17, 15) is 4.39 Å². The van der Waals surface area contributed by atoms with E-state index in [4.69, 9.17) is 10.5 Å². The molecule has 0 unspecified atom stereocenters. The third-order valence-corrected chi connectivity index (χ3v) is 3.44. The van der Waals surface area contributed by atoms with E-state index in [1.54, 1.807) is 6.07 Å². The van der Waals surface area contributed by atoms with Crippen molar-refractivity contribution in [3.05, 3.63) is 64.0 Å². The van der Waals surface area contributed by atoms with Gasteiger partial charge in [0.25, 0.3) is 0 Å². The third kappa shape index (κ3) is 3.17. The molecule has 0 saturated heterocycles. The Hall–Kier alpha value is -1.87. The predicted molar refractivity (Wildman–Crippen MR) is 79.3 cm³/mol. The monoisotopic (exact) mass is 273 g/mol. The van der Waals surface area contributed by atoms with Crippen molar-refractivity contribution in [1.82, 2.24) is 0 Å². The van der Waals surface area contributed by atoms with Gasteiger partial charge in [-0.3, -0.25) is 0 Å². The highest BCUT2D eigenvalue weighted by molar-refractivity contribution is 5.43. The van der Waals surface area contributed by atoms with Crippen molar-refractivity contribution >= 4 is 0 Å². The molecule has 0 bridgehead atoms. The van der Waals surface area contributed by atoms with E-state index < -0.39 is 0 Å². The van der Waals surface area contributed by atoms with E-state index in [1.807, 2.05) is 32.9 Å². The molecule has 20 heavy (non-hydrogen) atoms. The average molecular weight is 273 g/mol. The van der Waals surface area contributed by atoms with Gasteiger partial charge in [-0.1, -0.05) is 18.2 Å². The SMILES string of the molecule is Cc1ccc(F)cc1COc1c(C)cc(CN)cc1C. The van der Waals surface area contributed by atoms with Gasteiger partial charge in [-0.2, -0.15) is 0 Å². The Morgan fingerprint density at radius 1 is 1.00 bits per heavy atom. The highest BCUT2D eigenvalue weighted by Crippen LogP contribution is 2.26. The molecule has 3 heteroatoms. The fraction of sp³-hybridized carbons (Fsp3) is 0.294. The van der Waals surface area contributed by atoms with Crippen LogP contribution in [-0.4, -0.2) is 0 Å². The van der Waals surface area contributed by atoms with Crippen LogP contribution in [0.1, 0.15) is 27.8 Å². The van der Waals surface area contributed by atoms with E-state index >= 15 is 0 Å². The lowest BCUT2D eigenvalue weighted by Gasteiger charge is -2.15. The van der Waals surface area contributed by atoms with Crippen molar-refractivity contribution in [1.29, 1.82) is 0 Å². The Morgan fingerprint density at radius 2 is 1.65 bits per heavy atom. The maximum Gasteiger partial charge on any atom is 0.125 e. The van der Waals surface area contributed by atoms with E-state index in [0.29, 0.717) is 13.2 Å². The number of halogens is 1. The number of aryl methyl sites for hydroxylation is 3. The molecule has 2 nitrogen and oxygen atoms in total. The van der Waals surface area contributed by atoms with Crippen LogP contribution in [0.15, 0.2) is 30.3 Å². The second-order valence-corrected chi connectivity index (χ2v) is 5.12. The molecule has 2 aromatic rings. The molecule has 0 aliphatic carbocycles. The Labute approximate surface area is 119 Å². The summed E-state index contributed by atoms with van der Waals surface area (Å²) < 4.78 is 19.1. The fourth-order valence-corrected chi connectivity index (χ4v) is 2.33. The summed E-state index contributed by atoms with van der Waals surface area (Å²) in [7, 11) is 0. The molecule has 0 radical (unpaired) electrons. The largest absolute Gasteiger partial charge is 0.488 e. The van der Waals surface area contributed by atoms with Gasteiger partial charge in [0.1, 0.15) is 18.2 Å². The molecule has 0 aromatic heterocycles. The zero-order valence-electron chi connectivity index (χ0n) is 12.2. The van der Waals surface area contributed by atoms with Gasteiger partial charge in [-0.05, 0) is 60.7 Å². The highest BCUT2D eigenvalue weighted by Gasteiger charge is 2.08. The molecule has 0 atom stereocenters. The summed E-state index contributed by atoms with van der Waals surface area (Å²) in [6.45, 7) is 6.84. The quantitative estimate of drug-likeness (QED) is 0.920. The number of rotatable bonds is 4. The summed E-state index contributed by atoms with van der Waals surface area (Å²) in [4.78, 5) is 0. The summed E-state index contributed by atoms with van der Waals surface area (Å²) in [5, 5.41) is 0. The van der Waals surface area contributed by atoms with E-state index in [2.05, 4.69) is 0 Å². The van der Waals surface area contributed by atoms with Gasteiger partial charge in [-0.15, -0.1) is 0 Å². The number of hydrogen-bond acceptors (Lipinski definition) is 2. The van der Waals surface area contributed by atoms with Crippen molar-refractivity contribution in [2.75, 3.05) is 0 Å². The van der Waals surface area contributed by atoms with Gasteiger partial charge in [-0.25, -0.2) is 4.39 Å². The normalized spacial score (nSPS) is 10.7. The molecule has 0 amide bonds. The molecule has 2 rings (SSSR count). The lowest BCUT2D eigenvalue weighted by Crippen LogP contribution is -2.03. The predicted octanol–water partition coefficient (Wildman–Crippen LogP) is 3.79. The van der Waals surface area contributed by atoms with Gasteiger partial charge in [0.2, 0.25) is 0 Å². The van der Waals surface area contributed by atoms with Gasteiger partial charge in [0.15, 0.2) is 0 Å². The molecular formula is C17H20FNO. The van der Waals surface area contributed by atoms with Crippen LogP contribution in [0.5, 0.6) is 5.75 Å². The van der Waals surface area contributed by atoms with Crippen LogP contribution in [0.25, 0.3) is 0 Å². The van der Waals surface area contributed by atoms with Crippen LogP contribution in [0, 0.1) is 26.6 Å². The molecule has 0 aliphatic rings. The number of benzene rings is 2. The fourth-order valence-electron chi connectivity index (χ4n) is 2.33. The molecule has 0 saturated carbocycles. The van der Waals surface area contributed by atoms with Crippen LogP contribution >= 0.6 is 0 Å². The zero-order valence-corrected chi connectivity index (χ0v) is 12.2. The summed E-state index contributed by atoms with van der Waals surface area (Å²) in [6.07, 6.45) is 0. The molecule has 2 aromatic carbocycles. The zero-order chi connectivity index (χ0) is 14.7. The van der Waals surface area contributed by atoms with Gasteiger partial charge in [0.05, 0.1) is 0 Å². The summed E-state index contributed by atoms with van der Waals surface area (Å²) in [5.74, 6) is 0.618. The minimum Gasteiger partial charge on any atom is -0.488 e. The minimum absolute atomic E-state index is 0.235. The molecule has 0 fully saturated rings. The van der Waals surface area contributed by atoms with Gasteiger partial charge >= 0.3 is 0 Å². The molecule has 0 spiro atoms. The molecule has 2 N–H and O–H groups in total. The summed E-state index contributed by atoms with van der Waals surface area (Å²) >= 11 is 0. The summed E-state index contributed by atoms with van der Waals surface area (Å²) in [5.41, 5.74) is 10.8. The smallest absolute Gasteiger partial charge is 0.125 e. The molecular weight excluding hydrogens is 253 g/mol. The van der Waals surface area contributed by atoms with Crippen molar-refractivity contribution in [2.45, 2.75) is 33.9 Å². The van der Waals surface area contributed by atoms with Crippen molar-refractivity contribution in [3.8, 4) is 5.75 Å². The first-order chi connectivity index (χ1) is 9.51. The number of ether oxygens (including phenoxy) is 1.